The fraction of sp³-hybridized carbons (Fsp3) is 0.345. The van der Waals surface area contributed by atoms with E-state index >= 15 is 4.39 Å². The third-order valence-electron chi connectivity index (χ3n) is 7.69. The van der Waals surface area contributed by atoms with E-state index in [-0.39, 0.29) is 29.2 Å². The van der Waals surface area contributed by atoms with Crippen LogP contribution in [0.1, 0.15) is 47.6 Å². The maximum Gasteiger partial charge on any atom is 0.269 e. The van der Waals surface area contributed by atoms with Gasteiger partial charge in [0.15, 0.2) is 5.82 Å². The van der Waals surface area contributed by atoms with Gasteiger partial charge in [0, 0.05) is 92.2 Å². The van der Waals surface area contributed by atoms with E-state index in [2.05, 4.69) is 20.0 Å². The van der Waals surface area contributed by atoms with Gasteiger partial charge in [-0.05, 0) is 25.0 Å². The molecular formula is C29H29FN6O3. The summed E-state index contributed by atoms with van der Waals surface area (Å²) in [6.45, 7) is 4.09. The molecule has 1 aromatic carbocycles. The molecule has 9 nitrogen and oxygen atoms in total. The van der Waals surface area contributed by atoms with E-state index in [1.165, 1.54) is 13.2 Å². The molecule has 1 N–H and O–H groups in total. The highest BCUT2D eigenvalue weighted by atomic mass is 19.1. The van der Waals surface area contributed by atoms with Crippen molar-refractivity contribution in [2.24, 2.45) is 0 Å². The van der Waals surface area contributed by atoms with Crippen LogP contribution in [0.15, 0.2) is 42.7 Å². The van der Waals surface area contributed by atoms with Crippen molar-refractivity contribution in [1.29, 1.82) is 0 Å². The smallest absolute Gasteiger partial charge is 0.269 e. The van der Waals surface area contributed by atoms with Crippen LogP contribution >= 0.6 is 0 Å². The number of ether oxygens (including phenoxy) is 1. The molecule has 2 amide bonds. The van der Waals surface area contributed by atoms with Gasteiger partial charge >= 0.3 is 0 Å². The molecule has 6 rings (SSSR count). The van der Waals surface area contributed by atoms with Crippen molar-refractivity contribution in [3.05, 3.63) is 65.5 Å². The second kappa shape index (κ2) is 10.2. The summed E-state index contributed by atoms with van der Waals surface area (Å²) in [5, 5.41) is 8.69. The van der Waals surface area contributed by atoms with Gasteiger partial charge < -0.3 is 15.0 Å². The first-order valence-corrected chi connectivity index (χ1v) is 13.2. The first-order chi connectivity index (χ1) is 19.0. The first kappa shape index (κ1) is 25.1. The van der Waals surface area contributed by atoms with Gasteiger partial charge in [0.05, 0.1) is 11.7 Å². The van der Waals surface area contributed by atoms with Crippen molar-refractivity contribution >= 4 is 22.6 Å². The number of carbonyl (C=O) groups is 2. The van der Waals surface area contributed by atoms with Crippen LogP contribution in [0.3, 0.4) is 0 Å². The largest absolute Gasteiger partial charge is 0.381 e. The van der Waals surface area contributed by atoms with Gasteiger partial charge in [-0.1, -0.05) is 18.2 Å². The van der Waals surface area contributed by atoms with Crippen LogP contribution in [0.4, 0.5) is 4.39 Å². The Balaban J connectivity index is 1.46. The fourth-order valence-electron chi connectivity index (χ4n) is 5.58. The Bertz CT molecular complexity index is 1580. The zero-order valence-corrected chi connectivity index (χ0v) is 21.9. The molecule has 2 aliphatic rings. The number of rotatable bonds is 4. The summed E-state index contributed by atoms with van der Waals surface area (Å²) < 4.78 is 23.6. The summed E-state index contributed by atoms with van der Waals surface area (Å²) in [6, 6.07) is 8.91. The maximum absolute atomic E-state index is 15.9. The monoisotopic (exact) mass is 528 g/mol. The molecule has 10 heteroatoms. The van der Waals surface area contributed by atoms with E-state index in [0.717, 1.165) is 41.8 Å². The normalized spacial score (nSPS) is 15.8. The van der Waals surface area contributed by atoms with E-state index in [1.807, 2.05) is 17.0 Å². The Hall–Kier alpha value is -4.18. The molecule has 2 aliphatic heterocycles. The lowest BCUT2D eigenvalue weighted by Gasteiger charge is -2.29. The second-order valence-corrected chi connectivity index (χ2v) is 9.95. The van der Waals surface area contributed by atoms with Crippen LogP contribution in [0.2, 0.25) is 0 Å². The SMILES string of the molecule is CNC(=O)c1ccc(-c2ncc3c(-c4nn(C5CCOCC5)c5c4CN(C(C)=O)CC5)cccc3c2F)cn1. The van der Waals surface area contributed by atoms with Gasteiger partial charge in [-0.25, -0.2) is 4.39 Å². The van der Waals surface area contributed by atoms with Crippen molar-refractivity contribution < 1.29 is 18.7 Å². The predicted molar refractivity (Wildman–Crippen MR) is 143 cm³/mol. The molecule has 0 unspecified atom stereocenters. The quantitative estimate of drug-likeness (QED) is 0.431. The van der Waals surface area contributed by atoms with Gasteiger partial charge in [0.2, 0.25) is 5.91 Å². The topological polar surface area (TPSA) is 102 Å². The second-order valence-electron chi connectivity index (χ2n) is 9.95. The number of nitrogens with one attached hydrogen (secondary N) is 1. The lowest BCUT2D eigenvalue weighted by molar-refractivity contribution is -0.129. The molecule has 3 aromatic heterocycles. The summed E-state index contributed by atoms with van der Waals surface area (Å²) in [4.78, 5) is 34.6. The fourth-order valence-corrected chi connectivity index (χ4v) is 5.58. The maximum atomic E-state index is 15.9. The average molecular weight is 529 g/mol. The van der Waals surface area contributed by atoms with E-state index < -0.39 is 5.82 Å². The Kier molecular flexibility index (Phi) is 6.56. The van der Waals surface area contributed by atoms with Crippen molar-refractivity contribution in [3.8, 4) is 22.5 Å². The summed E-state index contributed by atoms with van der Waals surface area (Å²) in [7, 11) is 1.53. The molecule has 1 saturated heterocycles. The number of benzene rings is 1. The van der Waals surface area contributed by atoms with Crippen LogP contribution in [0, 0.1) is 5.82 Å². The summed E-state index contributed by atoms with van der Waals surface area (Å²) in [5.74, 6) is -0.756. The third-order valence-corrected chi connectivity index (χ3v) is 7.69. The number of aromatic nitrogens is 4. The van der Waals surface area contributed by atoms with E-state index in [9.17, 15) is 9.59 Å². The molecule has 0 spiro atoms. The molecule has 5 heterocycles. The molecule has 39 heavy (non-hydrogen) atoms. The van der Waals surface area contributed by atoms with Gasteiger partial charge in [0.1, 0.15) is 11.4 Å². The van der Waals surface area contributed by atoms with Gasteiger partial charge in [0.25, 0.3) is 5.91 Å². The number of hydrogen-bond acceptors (Lipinski definition) is 6. The molecule has 0 atom stereocenters. The standard InChI is InChI=1S/C29H29FN6O3/c1-17(37)35-11-8-25-23(16-35)28(34-36(25)19-9-12-39-13-10-19)21-5-3-4-20-22(21)15-33-27(26(20)30)18-6-7-24(32-14-18)29(38)31-2/h3-7,14-15,19H,8-13,16H2,1-2H3,(H,31,38). The lowest BCUT2D eigenvalue weighted by Crippen LogP contribution is -2.35. The van der Waals surface area contributed by atoms with Crippen LogP contribution in [-0.2, 0) is 22.5 Å². The molecule has 4 aromatic rings. The molecule has 0 radical (unpaired) electrons. The minimum absolute atomic E-state index is 0.0248. The lowest BCUT2D eigenvalue weighted by atomic mass is 9.96. The number of hydrogen-bond donors (Lipinski definition) is 1. The minimum atomic E-state index is -0.466. The van der Waals surface area contributed by atoms with Gasteiger partial charge in [-0.3, -0.25) is 24.2 Å². The van der Waals surface area contributed by atoms with Crippen LogP contribution in [0.25, 0.3) is 33.3 Å². The zero-order valence-electron chi connectivity index (χ0n) is 21.9. The molecular weight excluding hydrogens is 499 g/mol. The Labute approximate surface area is 225 Å². The van der Waals surface area contributed by atoms with Crippen molar-refractivity contribution in [3.63, 3.8) is 0 Å². The molecule has 1 fully saturated rings. The van der Waals surface area contributed by atoms with E-state index in [0.29, 0.717) is 42.6 Å². The van der Waals surface area contributed by atoms with Crippen LogP contribution in [0.5, 0.6) is 0 Å². The number of carbonyl (C=O) groups excluding carboxylic acids is 2. The number of pyridine rings is 2. The Morgan fingerprint density at radius 3 is 2.59 bits per heavy atom. The van der Waals surface area contributed by atoms with Gasteiger partial charge in [-0.2, -0.15) is 5.10 Å². The Morgan fingerprint density at radius 1 is 1.05 bits per heavy atom. The minimum Gasteiger partial charge on any atom is -0.381 e. The number of amides is 2. The third kappa shape index (κ3) is 4.44. The number of halogens is 1. The molecule has 0 aliphatic carbocycles. The summed E-state index contributed by atoms with van der Waals surface area (Å²) >= 11 is 0. The first-order valence-electron chi connectivity index (χ1n) is 13.2. The van der Waals surface area contributed by atoms with Crippen molar-refractivity contribution in [1.82, 2.24) is 30.0 Å². The average Bonchev–Trinajstić information content (AvgIpc) is 3.36. The number of nitrogens with zero attached hydrogens (tertiary/aromatic N) is 5. The Morgan fingerprint density at radius 2 is 1.87 bits per heavy atom. The highest BCUT2D eigenvalue weighted by Gasteiger charge is 2.31. The molecule has 0 bridgehead atoms. The van der Waals surface area contributed by atoms with E-state index in [4.69, 9.17) is 9.84 Å². The van der Waals surface area contributed by atoms with E-state index in [1.54, 1.807) is 31.3 Å². The highest BCUT2D eigenvalue weighted by Crippen LogP contribution is 2.38. The van der Waals surface area contributed by atoms with Crippen molar-refractivity contribution in [2.45, 2.75) is 38.8 Å². The van der Waals surface area contributed by atoms with Crippen molar-refractivity contribution in [2.75, 3.05) is 26.8 Å². The molecule has 200 valence electrons. The summed E-state index contributed by atoms with van der Waals surface area (Å²) in [5.41, 5.74) is 4.57. The van der Waals surface area contributed by atoms with Gasteiger partial charge in [-0.15, -0.1) is 0 Å². The molecule has 0 saturated carbocycles. The van der Waals surface area contributed by atoms with Crippen LogP contribution < -0.4 is 5.32 Å². The highest BCUT2D eigenvalue weighted by molar-refractivity contribution is 5.98. The summed E-state index contributed by atoms with van der Waals surface area (Å²) in [6.07, 6.45) is 5.60. The van der Waals surface area contributed by atoms with Crippen LogP contribution in [-0.4, -0.2) is 63.3 Å². The predicted octanol–water partition coefficient (Wildman–Crippen LogP) is 3.92. The zero-order chi connectivity index (χ0) is 27.1. The number of fused-ring (bicyclic) bond motifs is 2.